The second-order valence-corrected chi connectivity index (χ2v) is 3.04. The minimum Gasteiger partial charge on any atom is -0.392 e. The molecule has 2 N–H and O–H groups in total. The summed E-state index contributed by atoms with van der Waals surface area (Å²) in [6.45, 7) is 5.30. The highest BCUT2D eigenvalue weighted by Crippen LogP contribution is 1.90. The molecule has 0 spiro atoms. The molecular formula is C8H16N2O2S. The van der Waals surface area contributed by atoms with E-state index in [-0.39, 0.29) is 12.5 Å². The Morgan fingerprint density at radius 2 is 2.15 bits per heavy atom. The minimum atomic E-state index is -0.0721. The zero-order chi connectivity index (χ0) is 10.3. The van der Waals surface area contributed by atoms with Crippen molar-refractivity contribution < 1.29 is 9.53 Å². The first-order chi connectivity index (χ1) is 6.11. The molecule has 13 heavy (non-hydrogen) atoms. The quantitative estimate of drug-likeness (QED) is 0.626. The fraction of sp³-hybridized carbons (Fsp3) is 0.750. The van der Waals surface area contributed by atoms with Gasteiger partial charge in [-0.05, 0) is 13.8 Å². The van der Waals surface area contributed by atoms with Crippen molar-refractivity contribution in [3.8, 4) is 0 Å². The fourth-order valence-corrected chi connectivity index (χ4v) is 1.00. The van der Waals surface area contributed by atoms with Crippen LogP contribution in [0.5, 0.6) is 0 Å². The Bertz CT molecular complexity index is 185. The monoisotopic (exact) mass is 204 g/mol. The first-order valence-corrected chi connectivity index (χ1v) is 4.66. The number of amides is 1. The van der Waals surface area contributed by atoms with E-state index in [2.05, 4.69) is 0 Å². The zero-order valence-corrected chi connectivity index (χ0v) is 8.89. The molecule has 0 aromatic heterocycles. The van der Waals surface area contributed by atoms with Crippen LogP contribution in [0.1, 0.15) is 13.8 Å². The molecule has 0 saturated heterocycles. The summed E-state index contributed by atoms with van der Waals surface area (Å²) in [7, 11) is 0. The average Bonchev–Trinajstić information content (AvgIpc) is 2.09. The van der Waals surface area contributed by atoms with Gasteiger partial charge in [-0.15, -0.1) is 0 Å². The lowest BCUT2D eigenvalue weighted by Gasteiger charge is -2.19. The molecule has 0 aromatic carbocycles. The summed E-state index contributed by atoms with van der Waals surface area (Å²) >= 11 is 4.71. The molecule has 0 bridgehead atoms. The molecule has 76 valence electrons. The van der Waals surface area contributed by atoms with Gasteiger partial charge in [0.15, 0.2) is 0 Å². The van der Waals surface area contributed by atoms with Crippen LogP contribution in [0.3, 0.4) is 0 Å². The van der Waals surface area contributed by atoms with Gasteiger partial charge in [0.25, 0.3) is 0 Å². The molecule has 0 atom stereocenters. The van der Waals surface area contributed by atoms with Gasteiger partial charge in [0, 0.05) is 13.2 Å². The summed E-state index contributed by atoms with van der Waals surface area (Å²) in [4.78, 5) is 13.2. The van der Waals surface area contributed by atoms with Crippen LogP contribution in [0.25, 0.3) is 0 Å². The smallest absolute Gasteiger partial charge is 0.248 e. The maximum absolute atomic E-state index is 11.4. The highest BCUT2D eigenvalue weighted by molar-refractivity contribution is 7.80. The molecule has 5 heteroatoms. The van der Waals surface area contributed by atoms with E-state index in [1.165, 1.54) is 0 Å². The molecule has 0 fully saturated rings. The van der Waals surface area contributed by atoms with Gasteiger partial charge in [-0.3, -0.25) is 4.79 Å². The predicted molar refractivity (Wildman–Crippen MR) is 55.5 cm³/mol. The summed E-state index contributed by atoms with van der Waals surface area (Å²) in [5, 5.41) is 0. The van der Waals surface area contributed by atoms with Crippen molar-refractivity contribution in [2.45, 2.75) is 13.8 Å². The highest BCUT2D eigenvalue weighted by atomic mass is 32.1. The van der Waals surface area contributed by atoms with Gasteiger partial charge in [0.2, 0.25) is 5.91 Å². The highest BCUT2D eigenvalue weighted by Gasteiger charge is 2.11. The maximum atomic E-state index is 11.4. The summed E-state index contributed by atoms with van der Waals surface area (Å²) in [6.07, 6.45) is 0. The second-order valence-electron chi connectivity index (χ2n) is 2.51. The van der Waals surface area contributed by atoms with Crippen molar-refractivity contribution in [3.05, 3.63) is 0 Å². The number of carbonyl (C=O) groups excluding carboxylic acids is 1. The van der Waals surface area contributed by atoms with Crippen molar-refractivity contribution in [2.24, 2.45) is 5.73 Å². The van der Waals surface area contributed by atoms with Crippen LogP contribution in [-0.2, 0) is 9.53 Å². The van der Waals surface area contributed by atoms with E-state index in [0.717, 1.165) is 0 Å². The van der Waals surface area contributed by atoms with Crippen LogP contribution in [0, 0.1) is 0 Å². The van der Waals surface area contributed by atoms with E-state index in [9.17, 15) is 4.79 Å². The molecule has 0 unspecified atom stereocenters. The molecule has 0 aliphatic rings. The van der Waals surface area contributed by atoms with Crippen LogP contribution in [0.2, 0.25) is 0 Å². The Morgan fingerprint density at radius 1 is 1.54 bits per heavy atom. The molecule has 0 saturated carbocycles. The van der Waals surface area contributed by atoms with Gasteiger partial charge in [0.05, 0.1) is 11.5 Å². The average molecular weight is 204 g/mol. The summed E-state index contributed by atoms with van der Waals surface area (Å²) in [5.41, 5.74) is 5.33. The second kappa shape index (κ2) is 6.80. The number of nitrogens with two attached hydrogens (primary N) is 1. The molecule has 0 radical (unpaired) electrons. The lowest BCUT2D eigenvalue weighted by molar-refractivity contribution is -0.135. The van der Waals surface area contributed by atoms with Crippen molar-refractivity contribution in [3.63, 3.8) is 0 Å². The third-order valence-corrected chi connectivity index (χ3v) is 1.64. The van der Waals surface area contributed by atoms with Crippen molar-refractivity contribution in [2.75, 3.05) is 26.3 Å². The standard InChI is InChI=1S/C8H16N2O2S/c1-3-10(5-7(9)13)8(11)6-12-4-2/h3-6H2,1-2H3,(H2,9,13). The number of thiocarbonyl (C=S) groups is 1. The van der Waals surface area contributed by atoms with Gasteiger partial charge < -0.3 is 15.4 Å². The third-order valence-electron chi connectivity index (χ3n) is 1.51. The Hall–Kier alpha value is -0.680. The Balaban J connectivity index is 3.92. The van der Waals surface area contributed by atoms with Gasteiger partial charge in [0.1, 0.15) is 6.61 Å². The van der Waals surface area contributed by atoms with E-state index in [1.807, 2.05) is 13.8 Å². The normalized spacial score (nSPS) is 9.69. The largest absolute Gasteiger partial charge is 0.392 e. The van der Waals surface area contributed by atoms with Gasteiger partial charge in [-0.25, -0.2) is 0 Å². The molecular weight excluding hydrogens is 188 g/mol. The predicted octanol–water partition coefficient (Wildman–Crippen LogP) is 0.158. The Kier molecular flexibility index (Phi) is 6.44. The van der Waals surface area contributed by atoms with Crippen LogP contribution >= 0.6 is 12.2 Å². The van der Waals surface area contributed by atoms with E-state index in [1.54, 1.807) is 4.90 Å². The number of nitrogens with zero attached hydrogens (tertiary/aromatic N) is 1. The fourth-order valence-electron chi connectivity index (χ4n) is 0.845. The zero-order valence-electron chi connectivity index (χ0n) is 8.08. The van der Waals surface area contributed by atoms with Crippen molar-refractivity contribution in [1.29, 1.82) is 0 Å². The number of carbonyl (C=O) groups is 1. The molecule has 0 rings (SSSR count). The number of rotatable bonds is 6. The number of hydrogen-bond donors (Lipinski definition) is 1. The Morgan fingerprint density at radius 3 is 2.54 bits per heavy atom. The van der Waals surface area contributed by atoms with Gasteiger partial charge >= 0.3 is 0 Å². The summed E-state index contributed by atoms with van der Waals surface area (Å²) in [5.74, 6) is -0.0721. The molecule has 0 heterocycles. The van der Waals surface area contributed by atoms with Crippen molar-refractivity contribution >= 4 is 23.1 Å². The van der Waals surface area contributed by atoms with Crippen molar-refractivity contribution in [1.82, 2.24) is 4.90 Å². The van der Waals surface area contributed by atoms with E-state index >= 15 is 0 Å². The SMILES string of the molecule is CCOCC(=O)N(CC)CC(N)=S. The van der Waals surface area contributed by atoms with Crippen LogP contribution in [0.15, 0.2) is 0 Å². The van der Waals surface area contributed by atoms with Crippen LogP contribution in [-0.4, -0.2) is 42.1 Å². The van der Waals surface area contributed by atoms with Crippen LogP contribution in [0.4, 0.5) is 0 Å². The lowest BCUT2D eigenvalue weighted by atomic mass is 10.4. The minimum absolute atomic E-state index is 0.0721. The first-order valence-electron chi connectivity index (χ1n) is 4.25. The number of likely N-dealkylation sites (N-methyl/N-ethyl adjacent to an activating group) is 1. The molecule has 1 amide bonds. The molecule has 0 aliphatic carbocycles. The van der Waals surface area contributed by atoms with E-state index in [4.69, 9.17) is 22.7 Å². The summed E-state index contributed by atoms with van der Waals surface area (Å²) in [6, 6.07) is 0. The van der Waals surface area contributed by atoms with E-state index < -0.39 is 0 Å². The van der Waals surface area contributed by atoms with E-state index in [0.29, 0.717) is 24.7 Å². The molecule has 0 aliphatic heterocycles. The molecule has 0 aromatic rings. The summed E-state index contributed by atoms with van der Waals surface area (Å²) < 4.78 is 4.98. The third kappa shape index (κ3) is 5.54. The Labute approximate surface area is 84.0 Å². The van der Waals surface area contributed by atoms with Gasteiger partial charge in [-0.1, -0.05) is 12.2 Å². The molecule has 4 nitrogen and oxygen atoms in total. The first kappa shape index (κ1) is 12.3. The number of ether oxygens (including phenoxy) is 1. The topological polar surface area (TPSA) is 55.6 Å². The van der Waals surface area contributed by atoms with Crippen LogP contribution < -0.4 is 5.73 Å². The lowest BCUT2D eigenvalue weighted by Crippen LogP contribution is -2.39. The maximum Gasteiger partial charge on any atom is 0.248 e. The van der Waals surface area contributed by atoms with Gasteiger partial charge in [-0.2, -0.15) is 0 Å². The number of hydrogen-bond acceptors (Lipinski definition) is 3.